The molecule has 2 heteroatoms. The van der Waals surface area contributed by atoms with Gasteiger partial charge in [-0.3, -0.25) is 0 Å². The first-order chi connectivity index (χ1) is 9.04. The maximum absolute atomic E-state index is 8.35. The quantitative estimate of drug-likeness (QED) is 0.534. The van der Waals surface area contributed by atoms with E-state index >= 15 is 0 Å². The summed E-state index contributed by atoms with van der Waals surface area (Å²) in [5, 5.41) is 8.35. The van der Waals surface area contributed by atoms with Crippen molar-refractivity contribution in [2.24, 2.45) is 5.92 Å². The molecule has 1 aliphatic rings. The summed E-state index contributed by atoms with van der Waals surface area (Å²) >= 11 is 0. The van der Waals surface area contributed by atoms with Crippen LogP contribution in [0.3, 0.4) is 0 Å². The van der Waals surface area contributed by atoms with Crippen LogP contribution in [0.4, 0.5) is 0 Å². The first-order valence-corrected chi connectivity index (χ1v) is 7.04. The third-order valence-electron chi connectivity index (χ3n) is 3.70. The van der Waals surface area contributed by atoms with E-state index in [9.17, 15) is 0 Å². The molecule has 1 rings (SSSR count). The molecule has 0 aromatic heterocycles. The Morgan fingerprint density at radius 1 is 1.53 bits per heavy atom. The lowest BCUT2D eigenvalue weighted by Gasteiger charge is -2.31. The van der Waals surface area contributed by atoms with Gasteiger partial charge in [-0.05, 0) is 24.0 Å². The highest BCUT2D eigenvalue weighted by molar-refractivity contribution is 6.02. The first kappa shape index (κ1) is 15.5. The van der Waals surface area contributed by atoms with Gasteiger partial charge in [-0.25, -0.2) is 0 Å². The van der Waals surface area contributed by atoms with E-state index in [4.69, 9.17) is 5.41 Å². The van der Waals surface area contributed by atoms with Crippen LogP contribution >= 0.6 is 0 Å². The van der Waals surface area contributed by atoms with Crippen molar-refractivity contribution in [3.05, 3.63) is 48.7 Å². The predicted octanol–water partition coefficient (Wildman–Crippen LogP) is 4.33. The maximum Gasteiger partial charge on any atom is 0.0715 e. The predicted molar refractivity (Wildman–Crippen MR) is 84.5 cm³/mol. The second kappa shape index (κ2) is 7.13. The summed E-state index contributed by atoms with van der Waals surface area (Å²) in [6, 6.07) is 0.167. The van der Waals surface area contributed by atoms with Gasteiger partial charge in [0.05, 0.1) is 6.04 Å². The minimum absolute atomic E-state index is 0.167. The summed E-state index contributed by atoms with van der Waals surface area (Å²) in [7, 11) is 2.02. The van der Waals surface area contributed by atoms with Crippen LogP contribution in [0.15, 0.2) is 48.7 Å². The van der Waals surface area contributed by atoms with Crippen LogP contribution in [-0.2, 0) is 0 Å². The van der Waals surface area contributed by atoms with E-state index in [0.717, 1.165) is 23.3 Å². The first-order valence-electron chi connectivity index (χ1n) is 7.04. The van der Waals surface area contributed by atoms with Gasteiger partial charge in [0, 0.05) is 24.5 Å². The summed E-state index contributed by atoms with van der Waals surface area (Å²) in [4.78, 5) is 2.10. The zero-order chi connectivity index (χ0) is 14.4. The molecule has 2 unspecified atom stereocenters. The number of nitrogens with one attached hydrogen (secondary N) is 1. The van der Waals surface area contributed by atoms with Gasteiger partial charge >= 0.3 is 0 Å². The lowest BCUT2D eigenvalue weighted by molar-refractivity contribution is 0.421. The second-order valence-electron chi connectivity index (χ2n) is 5.24. The molecule has 0 fully saturated rings. The molecule has 0 saturated heterocycles. The van der Waals surface area contributed by atoms with Crippen molar-refractivity contribution in [2.45, 2.75) is 39.2 Å². The van der Waals surface area contributed by atoms with Crippen molar-refractivity contribution in [1.82, 2.24) is 4.90 Å². The van der Waals surface area contributed by atoms with Crippen molar-refractivity contribution in [1.29, 1.82) is 5.41 Å². The average molecular weight is 258 g/mol. The Balaban J connectivity index is 2.89. The normalized spacial score (nSPS) is 20.4. The van der Waals surface area contributed by atoms with Gasteiger partial charge < -0.3 is 10.3 Å². The molecule has 104 valence electrons. The third-order valence-corrected chi connectivity index (χ3v) is 3.70. The van der Waals surface area contributed by atoms with Crippen molar-refractivity contribution >= 4 is 5.71 Å². The summed E-state index contributed by atoms with van der Waals surface area (Å²) < 4.78 is 0. The Labute approximate surface area is 117 Å². The SMILES string of the molecule is C=CC1=CC(C(=N)C(C)CCCC)=CN(C)C1C=C. The molecule has 0 amide bonds. The number of likely N-dealkylation sites (N-methyl/N-ethyl adjacent to an activating group) is 1. The molecule has 1 N–H and O–H groups in total. The zero-order valence-corrected chi connectivity index (χ0v) is 12.4. The van der Waals surface area contributed by atoms with E-state index in [1.807, 2.05) is 25.4 Å². The van der Waals surface area contributed by atoms with Crippen LogP contribution in [0.1, 0.15) is 33.1 Å². The summed E-state index contributed by atoms with van der Waals surface area (Å²) in [5.41, 5.74) is 2.84. The average Bonchev–Trinajstić information content (AvgIpc) is 2.42. The second-order valence-corrected chi connectivity index (χ2v) is 5.24. The highest BCUT2D eigenvalue weighted by atomic mass is 15.1. The molecule has 0 saturated carbocycles. The third kappa shape index (κ3) is 3.69. The Hall–Kier alpha value is -1.57. The number of hydrogen-bond donors (Lipinski definition) is 1. The largest absolute Gasteiger partial charge is 0.369 e. The fourth-order valence-corrected chi connectivity index (χ4v) is 2.41. The van der Waals surface area contributed by atoms with Gasteiger partial charge in [0.2, 0.25) is 0 Å². The lowest BCUT2D eigenvalue weighted by atomic mass is 9.90. The molecule has 2 nitrogen and oxygen atoms in total. The van der Waals surface area contributed by atoms with Crippen molar-refractivity contribution in [3.63, 3.8) is 0 Å². The Kier molecular flexibility index (Phi) is 5.81. The Morgan fingerprint density at radius 2 is 2.21 bits per heavy atom. The molecule has 0 spiro atoms. The highest BCUT2D eigenvalue weighted by Gasteiger charge is 2.21. The topological polar surface area (TPSA) is 27.1 Å². The maximum atomic E-state index is 8.35. The fourth-order valence-electron chi connectivity index (χ4n) is 2.41. The summed E-state index contributed by atoms with van der Waals surface area (Å²) in [6.07, 6.45) is 11.3. The van der Waals surface area contributed by atoms with E-state index in [-0.39, 0.29) is 6.04 Å². The van der Waals surface area contributed by atoms with E-state index in [1.165, 1.54) is 12.8 Å². The van der Waals surface area contributed by atoms with Gasteiger partial charge in [0.15, 0.2) is 0 Å². The molecule has 1 aliphatic heterocycles. The van der Waals surface area contributed by atoms with Crippen LogP contribution in [-0.4, -0.2) is 23.7 Å². The van der Waals surface area contributed by atoms with Crippen molar-refractivity contribution < 1.29 is 0 Å². The van der Waals surface area contributed by atoms with Gasteiger partial charge in [-0.2, -0.15) is 0 Å². The molecule has 1 heterocycles. The zero-order valence-electron chi connectivity index (χ0n) is 12.4. The van der Waals surface area contributed by atoms with E-state index in [1.54, 1.807) is 0 Å². The Bertz CT molecular complexity index is 415. The smallest absolute Gasteiger partial charge is 0.0715 e. The number of unbranched alkanes of at least 4 members (excludes halogenated alkanes) is 1. The summed E-state index contributed by atoms with van der Waals surface area (Å²) in [6.45, 7) is 12.1. The van der Waals surface area contributed by atoms with Gasteiger partial charge in [-0.15, -0.1) is 6.58 Å². The van der Waals surface area contributed by atoms with Gasteiger partial charge in [0.25, 0.3) is 0 Å². The van der Waals surface area contributed by atoms with Crippen molar-refractivity contribution in [2.75, 3.05) is 7.05 Å². The molecule has 0 aromatic carbocycles. The van der Waals surface area contributed by atoms with E-state index < -0.39 is 0 Å². The lowest BCUT2D eigenvalue weighted by Crippen LogP contribution is -2.31. The van der Waals surface area contributed by atoms with Crippen LogP contribution in [0.25, 0.3) is 0 Å². The molecule has 2 atom stereocenters. The van der Waals surface area contributed by atoms with Gasteiger partial charge in [-0.1, -0.05) is 45.4 Å². The molecule has 0 aliphatic carbocycles. The molecular weight excluding hydrogens is 232 g/mol. The monoisotopic (exact) mass is 258 g/mol. The number of hydrogen-bond acceptors (Lipinski definition) is 2. The number of rotatable bonds is 7. The molecular formula is C17H26N2. The van der Waals surface area contributed by atoms with E-state index in [2.05, 4.69) is 38.0 Å². The van der Waals surface area contributed by atoms with Crippen LogP contribution in [0, 0.1) is 11.3 Å². The molecule has 19 heavy (non-hydrogen) atoms. The molecule has 0 bridgehead atoms. The minimum Gasteiger partial charge on any atom is -0.369 e. The fraction of sp³-hybridized carbons (Fsp3) is 0.471. The minimum atomic E-state index is 0.167. The Morgan fingerprint density at radius 3 is 2.74 bits per heavy atom. The van der Waals surface area contributed by atoms with Crippen LogP contribution in [0.5, 0.6) is 0 Å². The highest BCUT2D eigenvalue weighted by Crippen LogP contribution is 2.24. The molecule has 0 aromatic rings. The number of nitrogens with zero attached hydrogens (tertiary/aromatic N) is 1. The van der Waals surface area contributed by atoms with Gasteiger partial charge in [0.1, 0.15) is 0 Å². The van der Waals surface area contributed by atoms with E-state index in [0.29, 0.717) is 5.92 Å². The number of allylic oxidation sites excluding steroid dienone is 2. The molecule has 0 radical (unpaired) electrons. The van der Waals surface area contributed by atoms with Crippen LogP contribution in [0.2, 0.25) is 0 Å². The summed E-state index contributed by atoms with van der Waals surface area (Å²) in [5.74, 6) is 0.308. The van der Waals surface area contributed by atoms with Crippen LogP contribution < -0.4 is 0 Å². The van der Waals surface area contributed by atoms with Crippen molar-refractivity contribution in [3.8, 4) is 0 Å². The standard InChI is InChI=1S/C17H26N2/c1-6-9-10-13(4)17(18)15-11-14(7-2)16(8-3)19(5)12-15/h7-8,11-13,16,18H,2-3,6,9-10H2,1,4-5H3.